The van der Waals surface area contributed by atoms with Crippen molar-refractivity contribution in [2.45, 2.75) is 34.1 Å². The summed E-state index contributed by atoms with van der Waals surface area (Å²) in [5, 5.41) is 0.891. The molecule has 27 heavy (non-hydrogen) atoms. The first-order valence-corrected chi connectivity index (χ1v) is 9.14. The summed E-state index contributed by atoms with van der Waals surface area (Å²) in [6, 6.07) is 12.7. The molecule has 0 N–H and O–H groups in total. The van der Waals surface area contributed by atoms with Crippen molar-refractivity contribution in [3.63, 3.8) is 0 Å². The number of ether oxygens (including phenoxy) is 1. The average molecular weight is 364 g/mol. The van der Waals surface area contributed by atoms with Gasteiger partial charge in [0.15, 0.2) is 12.4 Å². The molecule has 0 aliphatic heterocycles. The molecule has 140 valence electrons. The molecule has 0 fully saturated rings. The second-order valence-corrected chi connectivity index (χ2v) is 7.33. The summed E-state index contributed by atoms with van der Waals surface area (Å²) in [4.78, 5) is 24.6. The van der Waals surface area contributed by atoms with Crippen LogP contribution in [0, 0.1) is 19.8 Å². The second-order valence-electron chi connectivity index (χ2n) is 7.33. The van der Waals surface area contributed by atoms with Crippen molar-refractivity contribution in [3.8, 4) is 5.75 Å². The molecule has 2 aromatic carbocycles. The lowest BCUT2D eigenvalue weighted by Crippen LogP contribution is -2.13. The fraction of sp³-hybridized carbons (Fsp3) is 0.304. The van der Waals surface area contributed by atoms with Gasteiger partial charge in [-0.25, -0.2) is 4.79 Å². The first kappa shape index (κ1) is 18.9. The molecular weight excluding hydrogens is 340 g/mol. The fourth-order valence-electron chi connectivity index (χ4n) is 3.08. The van der Waals surface area contributed by atoms with Crippen LogP contribution in [0.15, 0.2) is 51.7 Å². The molecule has 0 bridgehead atoms. The van der Waals surface area contributed by atoms with E-state index in [1.807, 2.05) is 32.0 Å². The predicted octanol–water partition coefficient (Wildman–Crippen LogP) is 4.87. The minimum atomic E-state index is -0.304. The first-order valence-electron chi connectivity index (χ1n) is 9.14. The molecular formula is C23H24O4. The number of ketones is 1. The molecule has 4 nitrogen and oxygen atoms in total. The molecule has 0 atom stereocenters. The van der Waals surface area contributed by atoms with Crippen molar-refractivity contribution < 1.29 is 13.9 Å². The molecule has 0 aliphatic carbocycles. The standard InChI is InChI=1S/C23H24O4/c1-14(2)11-20-16(4)19-10-9-18(12-22(19)27-23(20)25)26-13-21(24)17-7-5-15(3)6-8-17/h5-10,12,14H,11,13H2,1-4H3. The van der Waals surface area contributed by atoms with Crippen LogP contribution in [0.5, 0.6) is 5.75 Å². The van der Waals surface area contributed by atoms with E-state index in [0.29, 0.717) is 29.2 Å². The van der Waals surface area contributed by atoms with E-state index in [1.165, 1.54) is 0 Å². The van der Waals surface area contributed by atoms with Gasteiger partial charge in [0.05, 0.1) is 0 Å². The van der Waals surface area contributed by atoms with Gasteiger partial charge in [-0.1, -0.05) is 43.7 Å². The summed E-state index contributed by atoms with van der Waals surface area (Å²) in [6.07, 6.45) is 0.688. The van der Waals surface area contributed by atoms with Crippen LogP contribution in [0.1, 0.15) is 40.9 Å². The van der Waals surface area contributed by atoms with E-state index >= 15 is 0 Å². The van der Waals surface area contributed by atoms with Gasteiger partial charge in [-0.05, 0) is 43.9 Å². The van der Waals surface area contributed by atoms with Crippen molar-refractivity contribution in [2.75, 3.05) is 6.61 Å². The van der Waals surface area contributed by atoms with Gasteiger partial charge in [0, 0.05) is 22.6 Å². The van der Waals surface area contributed by atoms with Gasteiger partial charge in [-0.3, -0.25) is 4.79 Å². The number of aryl methyl sites for hydroxylation is 2. The van der Waals surface area contributed by atoms with Gasteiger partial charge in [-0.2, -0.15) is 0 Å². The predicted molar refractivity (Wildman–Crippen MR) is 107 cm³/mol. The molecule has 3 rings (SSSR count). The summed E-state index contributed by atoms with van der Waals surface area (Å²) in [5.41, 5.74) is 3.55. The highest BCUT2D eigenvalue weighted by Gasteiger charge is 2.14. The molecule has 0 amide bonds. The minimum Gasteiger partial charge on any atom is -0.485 e. The number of benzene rings is 2. The van der Waals surface area contributed by atoms with Gasteiger partial charge < -0.3 is 9.15 Å². The zero-order chi connectivity index (χ0) is 19.6. The lowest BCUT2D eigenvalue weighted by molar-refractivity contribution is 0.0921. The van der Waals surface area contributed by atoms with Gasteiger partial charge >= 0.3 is 5.63 Å². The smallest absolute Gasteiger partial charge is 0.339 e. The highest BCUT2D eigenvalue weighted by Crippen LogP contribution is 2.25. The van der Waals surface area contributed by atoms with Crippen molar-refractivity contribution in [2.24, 2.45) is 5.92 Å². The Morgan fingerprint density at radius 1 is 1.07 bits per heavy atom. The number of carbonyl (C=O) groups excluding carboxylic acids is 1. The SMILES string of the molecule is Cc1ccc(C(=O)COc2ccc3c(C)c(CC(C)C)c(=O)oc3c2)cc1. The number of hydrogen-bond donors (Lipinski definition) is 0. The maximum atomic E-state index is 12.3. The Bertz CT molecular complexity index is 1030. The van der Waals surface area contributed by atoms with E-state index < -0.39 is 0 Å². The second kappa shape index (κ2) is 7.78. The monoisotopic (exact) mass is 364 g/mol. The summed E-state index contributed by atoms with van der Waals surface area (Å²) < 4.78 is 11.1. The van der Waals surface area contributed by atoms with Crippen molar-refractivity contribution >= 4 is 16.8 Å². The van der Waals surface area contributed by atoms with Crippen LogP contribution in [-0.4, -0.2) is 12.4 Å². The van der Waals surface area contributed by atoms with Crippen LogP contribution in [0.2, 0.25) is 0 Å². The molecule has 4 heteroatoms. The Morgan fingerprint density at radius 2 is 1.78 bits per heavy atom. The Morgan fingerprint density at radius 3 is 2.44 bits per heavy atom. The number of Topliss-reactive ketones (excluding diaryl/α,β-unsaturated/α-hetero) is 1. The van der Waals surface area contributed by atoms with E-state index in [0.717, 1.165) is 22.1 Å². The van der Waals surface area contributed by atoms with Gasteiger partial charge in [0.1, 0.15) is 11.3 Å². The number of carbonyl (C=O) groups is 1. The van der Waals surface area contributed by atoms with Crippen LogP contribution in [0.4, 0.5) is 0 Å². The van der Waals surface area contributed by atoms with Crippen molar-refractivity contribution in [1.82, 2.24) is 0 Å². The topological polar surface area (TPSA) is 56.5 Å². The first-order chi connectivity index (χ1) is 12.8. The molecule has 0 saturated carbocycles. The lowest BCUT2D eigenvalue weighted by atomic mass is 9.98. The van der Waals surface area contributed by atoms with Crippen LogP contribution >= 0.6 is 0 Å². The Balaban J connectivity index is 1.81. The zero-order valence-electron chi connectivity index (χ0n) is 16.2. The van der Waals surface area contributed by atoms with E-state index in [2.05, 4.69) is 13.8 Å². The largest absolute Gasteiger partial charge is 0.485 e. The van der Waals surface area contributed by atoms with Crippen LogP contribution in [0.25, 0.3) is 11.0 Å². The molecule has 0 unspecified atom stereocenters. The van der Waals surface area contributed by atoms with E-state index in [1.54, 1.807) is 24.3 Å². The third-order valence-electron chi connectivity index (χ3n) is 4.61. The number of fused-ring (bicyclic) bond motifs is 1. The zero-order valence-corrected chi connectivity index (χ0v) is 16.2. The van der Waals surface area contributed by atoms with E-state index in [-0.39, 0.29) is 18.0 Å². The number of rotatable bonds is 6. The molecule has 1 heterocycles. The molecule has 1 aromatic heterocycles. The fourth-order valence-corrected chi connectivity index (χ4v) is 3.08. The quantitative estimate of drug-likeness (QED) is 0.462. The third kappa shape index (κ3) is 4.27. The molecule has 0 saturated heterocycles. The van der Waals surface area contributed by atoms with Crippen LogP contribution < -0.4 is 10.4 Å². The van der Waals surface area contributed by atoms with Gasteiger partial charge in [0.25, 0.3) is 0 Å². The summed E-state index contributed by atoms with van der Waals surface area (Å²) in [5.74, 6) is 0.779. The third-order valence-corrected chi connectivity index (χ3v) is 4.61. The van der Waals surface area contributed by atoms with E-state index in [4.69, 9.17) is 9.15 Å². The molecule has 3 aromatic rings. The maximum absolute atomic E-state index is 12.3. The maximum Gasteiger partial charge on any atom is 0.339 e. The Kier molecular flexibility index (Phi) is 5.45. The lowest BCUT2D eigenvalue weighted by Gasteiger charge is -2.11. The normalized spacial score (nSPS) is 11.1. The molecule has 0 radical (unpaired) electrons. The van der Waals surface area contributed by atoms with Crippen molar-refractivity contribution in [3.05, 3.63) is 75.1 Å². The minimum absolute atomic E-state index is 0.0663. The Hall–Kier alpha value is -2.88. The molecule has 0 spiro atoms. The van der Waals surface area contributed by atoms with Crippen LogP contribution in [0.3, 0.4) is 0 Å². The summed E-state index contributed by atoms with van der Waals surface area (Å²) in [7, 11) is 0. The van der Waals surface area contributed by atoms with E-state index in [9.17, 15) is 9.59 Å². The van der Waals surface area contributed by atoms with Gasteiger partial charge in [-0.15, -0.1) is 0 Å². The summed E-state index contributed by atoms with van der Waals surface area (Å²) in [6.45, 7) is 8.00. The molecule has 0 aliphatic rings. The average Bonchev–Trinajstić information content (AvgIpc) is 2.63. The highest BCUT2D eigenvalue weighted by molar-refractivity contribution is 5.97. The van der Waals surface area contributed by atoms with Gasteiger partial charge in [0.2, 0.25) is 0 Å². The van der Waals surface area contributed by atoms with Crippen molar-refractivity contribution in [1.29, 1.82) is 0 Å². The number of hydrogen-bond acceptors (Lipinski definition) is 4. The summed E-state index contributed by atoms with van der Waals surface area (Å²) >= 11 is 0. The Labute approximate surface area is 158 Å². The highest BCUT2D eigenvalue weighted by atomic mass is 16.5. The van der Waals surface area contributed by atoms with Crippen LogP contribution in [-0.2, 0) is 6.42 Å².